The van der Waals surface area contributed by atoms with E-state index in [1.54, 1.807) is 13.0 Å². The summed E-state index contributed by atoms with van der Waals surface area (Å²) < 4.78 is 5.13. The van der Waals surface area contributed by atoms with Gasteiger partial charge in [0.15, 0.2) is 12.4 Å². The molecule has 23 heavy (non-hydrogen) atoms. The molecule has 0 saturated carbocycles. The fourth-order valence-corrected chi connectivity index (χ4v) is 1.72. The molecule has 0 aromatic heterocycles. The van der Waals surface area contributed by atoms with Gasteiger partial charge in [-0.1, -0.05) is 19.9 Å². The van der Waals surface area contributed by atoms with Crippen molar-refractivity contribution < 1.29 is 19.2 Å². The van der Waals surface area contributed by atoms with Crippen molar-refractivity contribution in [2.75, 3.05) is 13.2 Å². The summed E-state index contributed by atoms with van der Waals surface area (Å²) in [5, 5.41) is 15.6. The molecule has 0 aliphatic rings. The summed E-state index contributed by atoms with van der Waals surface area (Å²) in [4.78, 5) is 33.4. The van der Waals surface area contributed by atoms with Crippen LogP contribution in [0.3, 0.4) is 0 Å². The highest BCUT2D eigenvalue weighted by Crippen LogP contribution is 2.27. The number of hydrogen-bond acceptors (Lipinski definition) is 5. The van der Waals surface area contributed by atoms with Gasteiger partial charge in [0, 0.05) is 12.6 Å². The topological polar surface area (TPSA) is 111 Å². The molecule has 8 nitrogen and oxygen atoms in total. The maximum Gasteiger partial charge on any atom is 0.321 e. The van der Waals surface area contributed by atoms with Crippen LogP contribution in [0.5, 0.6) is 5.75 Å². The first-order chi connectivity index (χ1) is 10.8. The second-order valence-corrected chi connectivity index (χ2v) is 5.50. The van der Waals surface area contributed by atoms with Crippen molar-refractivity contribution in [1.82, 2.24) is 10.6 Å². The molecule has 0 unspecified atom stereocenters. The molecule has 0 atom stereocenters. The molecule has 1 rings (SSSR count). The van der Waals surface area contributed by atoms with Crippen LogP contribution in [0, 0.1) is 23.0 Å². The lowest BCUT2D eigenvalue weighted by Crippen LogP contribution is -2.42. The van der Waals surface area contributed by atoms with E-state index in [-0.39, 0.29) is 11.4 Å². The average molecular weight is 323 g/mol. The molecule has 0 saturated heterocycles. The lowest BCUT2D eigenvalue weighted by molar-refractivity contribution is -0.385. The van der Waals surface area contributed by atoms with Crippen LogP contribution in [0.15, 0.2) is 18.2 Å². The molecule has 3 amide bonds. The number of hydrogen-bond donors (Lipinski definition) is 2. The number of nitrogens with zero attached hydrogens (tertiary/aromatic N) is 1. The van der Waals surface area contributed by atoms with Gasteiger partial charge >= 0.3 is 11.7 Å². The van der Waals surface area contributed by atoms with Gasteiger partial charge in [0.05, 0.1) is 4.92 Å². The number of carbonyl (C=O) groups excluding carboxylic acids is 2. The third-order valence-corrected chi connectivity index (χ3v) is 2.93. The van der Waals surface area contributed by atoms with Crippen LogP contribution in [-0.4, -0.2) is 30.0 Å². The van der Waals surface area contributed by atoms with Crippen molar-refractivity contribution in [3.63, 3.8) is 0 Å². The number of urea groups is 1. The first kappa shape index (κ1) is 18.4. The maximum atomic E-state index is 11.6. The fourth-order valence-electron chi connectivity index (χ4n) is 1.72. The minimum Gasteiger partial charge on any atom is -0.477 e. The third-order valence-electron chi connectivity index (χ3n) is 2.93. The second-order valence-electron chi connectivity index (χ2n) is 5.50. The molecular weight excluding hydrogens is 302 g/mol. The Morgan fingerprint density at radius 1 is 1.35 bits per heavy atom. The van der Waals surface area contributed by atoms with Crippen LogP contribution >= 0.6 is 0 Å². The van der Waals surface area contributed by atoms with Crippen LogP contribution in [0.1, 0.15) is 25.8 Å². The predicted molar refractivity (Wildman–Crippen MR) is 84.3 cm³/mol. The van der Waals surface area contributed by atoms with Gasteiger partial charge in [-0.05, 0) is 30.9 Å². The normalized spacial score (nSPS) is 10.3. The highest BCUT2D eigenvalue weighted by atomic mass is 16.6. The fraction of sp³-hybridized carbons (Fsp3) is 0.467. The van der Waals surface area contributed by atoms with E-state index < -0.39 is 23.5 Å². The van der Waals surface area contributed by atoms with Crippen molar-refractivity contribution in [2.45, 2.75) is 27.2 Å². The Hall–Kier alpha value is -2.64. The van der Waals surface area contributed by atoms with E-state index in [1.807, 2.05) is 13.8 Å². The second kappa shape index (κ2) is 8.72. The number of ether oxygens (including phenoxy) is 1. The van der Waals surface area contributed by atoms with Crippen LogP contribution < -0.4 is 15.4 Å². The van der Waals surface area contributed by atoms with Gasteiger partial charge in [-0.15, -0.1) is 0 Å². The zero-order chi connectivity index (χ0) is 17.4. The number of nitro groups is 1. The lowest BCUT2D eigenvalue weighted by atomic mass is 10.1. The number of benzene rings is 1. The number of amides is 3. The molecule has 2 N–H and O–H groups in total. The molecule has 0 aliphatic carbocycles. The summed E-state index contributed by atoms with van der Waals surface area (Å²) >= 11 is 0. The summed E-state index contributed by atoms with van der Waals surface area (Å²) in [5.74, 6) is -0.255. The van der Waals surface area contributed by atoms with Crippen molar-refractivity contribution >= 4 is 17.6 Å². The van der Waals surface area contributed by atoms with Crippen molar-refractivity contribution in [1.29, 1.82) is 0 Å². The maximum absolute atomic E-state index is 11.6. The van der Waals surface area contributed by atoms with Gasteiger partial charge < -0.3 is 10.1 Å². The van der Waals surface area contributed by atoms with E-state index in [2.05, 4.69) is 10.6 Å². The highest BCUT2D eigenvalue weighted by molar-refractivity contribution is 5.95. The van der Waals surface area contributed by atoms with E-state index in [0.29, 0.717) is 18.0 Å². The minimum atomic E-state index is -0.679. The number of imide groups is 1. The standard InChI is InChI=1S/C15H21N3O5/c1-10(2)6-7-16-15(20)17-14(19)9-23-13-5-4-11(3)8-12(13)18(21)22/h4-5,8,10H,6-7,9H2,1-3H3,(H2,16,17,19,20). The number of aryl methyl sites for hydroxylation is 1. The Bertz CT molecular complexity index is 586. The summed E-state index contributed by atoms with van der Waals surface area (Å²) in [5.41, 5.74) is 0.484. The largest absolute Gasteiger partial charge is 0.477 e. The van der Waals surface area contributed by atoms with E-state index in [9.17, 15) is 19.7 Å². The van der Waals surface area contributed by atoms with Crippen molar-refractivity contribution in [2.24, 2.45) is 5.92 Å². The quantitative estimate of drug-likeness (QED) is 0.590. The summed E-state index contributed by atoms with van der Waals surface area (Å²) in [6.45, 7) is 5.73. The van der Waals surface area contributed by atoms with E-state index in [4.69, 9.17) is 4.74 Å². The molecule has 1 aromatic carbocycles. The number of nitro benzene ring substituents is 1. The molecule has 1 aromatic rings. The predicted octanol–water partition coefficient (Wildman–Crippen LogP) is 2.15. The molecule has 126 valence electrons. The van der Waals surface area contributed by atoms with Crippen molar-refractivity contribution in [3.05, 3.63) is 33.9 Å². The number of carbonyl (C=O) groups is 2. The minimum absolute atomic E-state index is 0.0176. The van der Waals surface area contributed by atoms with Gasteiger partial charge in [0.1, 0.15) is 0 Å². The van der Waals surface area contributed by atoms with E-state index >= 15 is 0 Å². The first-order valence-corrected chi connectivity index (χ1v) is 7.25. The smallest absolute Gasteiger partial charge is 0.321 e. The van der Waals surface area contributed by atoms with E-state index in [0.717, 1.165) is 6.42 Å². The molecule has 8 heteroatoms. The van der Waals surface area contributed by atoms with Crippen molar-refractivity contribution in [3.8, 4) is 5.75 Å². The molecule has 0 aliphatic heterocycles. The molecule has 0 spiro atoms. The van der Waals surface area contributed by atoms with Crippen LogP contribution in [0.2, 0.25) is 0 Å². The Morgan fingerprint density at radius 2 is 2.04 bits per heavy atom. The van der Waals surface area contributed by atoms with Gasteiger partial charge in [-0.2, -0.15) is 0 Å². The number of nitrogens with one attached hydrogen (secondary N) is 2. The van der Waals surface area contributed by atoms with Gasteiger partial charge in [0.25, 0.3) is 5.91 Å². The third kappa shape index (κ3) is 6.77. The Balaban J connectivity index is 2.47. The molecule has 0 radical (unpaired) electrons. The first-order valence-electron chi connectivity index (χ1n) is 7.25. The lowest BCUT2D eigenvalue weighted by Gasteiger charge is -2.09. The number of rotatable bonds is 7. The monoisotopic (exact) mass is 323 g/mol. The van der Waals surface area contributed by atoms with Crippen LogP contribution in [-0.2, 0) is 4.79 Å². The Kier molecular flexibility index (Phi) is 6.98. The SMILES string of the molecule is Cc1ccc(OCC(=O)NC(=O)NCCC(C)C)c([N+](=O)[O-])c1. The van der Waals surface area contributed by atoms with Gasteiger partial charge in [-0.25, -0.2) is 4.79 Å². The summed E-state index contributed by atoms with van der Waals surface area (Å²) in [6, 6.07) is 3.80. The zero-order valence-corrected chi connectivity index (χ0v) is 13.4. The summed E-state index contributed by atoms with van der Waals surface area (Å²) in [7, 11) is 0. The van der Waals surface area contributed by atoms with Crippen LogP contribution in [0.4, 0.5) is 10.5 Å². The van der Waals surface area contributed by atoms with Crippen LogP contribution in [0.25, 0.3) is 0 Å². The molecule has 0 fully saturated rings. The Labute approximate surface area is 134 Å². The molecule has 0 bridgehead atoms. The average Bonchev–Trinajstić information content (AvgIpc) is 2.45. The van der Waals surface area contributed by atoms with E-state index in [1.165, 1.54) is 12.1 Å². The Morgan fingerprint density at radius 3 is 2.65 bits per heavy atom. The summed E-state index contributed by atoms with van der Waals surface area (Å²) in [6.07, 6.45) is 0.799. The molecule has 0 heterocycles. The van der Waals surface area contributed by atoms with Gasteiger partial charge in [0.2, 0.25) is 0 Å². The molecular formula is C15H21N3O5. The van der Waals surface area contributed by atoms with Gasteiger partial charge in [-0.3, -0.25) is 20.2 Å². The highest BCUT2D eigenvalue weighted by Gasteiger charge is 2.17. The zero-order valence-electron chi connectivity index (χ0n) is 13.4.